The van der Waals surface area contributed by atoms with Gasteiger partial charge >= 0.3 is 0 Å². The van der Waals surface area contributed by atoms with Crippen molar-refractivity contribution in [3.05, 3.63) is 19.7 Å². The molecule has 0 aromatic carbocycles. The molecule has 2 aromatic rings. The number of hydrogen-bond donors (Lipinski definition) is 0. The third-order valence-corrected chi connectivity index (χ3v) is 8.15. The SMILES string of the molecule is CCN1c2cc(Br)sc2-c2sc(Br)cc2S1(=O)=O. The summed E-state index contributed by atoms with van der Waals surface area (Å²) < 4.78 is 28.3. The zero-order valence-corrected chi connectivity index (χ0v) is 14.7. The maximum absolute atomic E-state index is 12.5. The predicted molar refractivity (Wildman–Crippen MR) is 83.2 cm³/mol. The molecule has 0 saturated carbocycles. The Labute approximate surface area is 130 Å². The van der Waals surface area contributed by atoms with Crippen LogP contribution in [0.5, 0.6) is 0 Å². The Morgan fingerprint density at radius 1 is 1.17 bits per heavy atom. The molecule has 3 heterocycles. The maximum atomic E-state index is 12.5. The highest BCUT2D eigenvalue weighted by molar-refractivity contribution is 9.11. The van der Waals surface area contributed by atoms with Gasteiger partial charge < -0.3 is 0 Å². The summed E-state index contributed by atoms with van der Waals surface area (Å²) in [5.74, 6) is 0. The minimum atomic E-state index is -3.41. The molecule has 0 unspecified atom stereocenters. The molecule has 0 saturated heterocycles. The van der Waals surface area contributed by atoms with Crippen LogP contribution in [0.4, 0.5) is 5.69 Å². The molecule has 3 nitrogen and oxygen atoms in total. The quantitative estimate of drug-likeness (QED) is 0.668. The van der Waals surface area contributed by atoms with Crippen LogP contribution in [0, 0.1) is 0 Å². The first-order valence-electron chi connectivity index (χ1n) is 5.07. The molecule has 8 heteroatoms. The minimum absolute atomic E-state index is 0.406. The van der Waals surface area contributed by atoms with Gasteiger partial charge in [0, 0.05) is 6.54 Å². The van der Waals surface area contributed by atoms with E-state index in [4.69, 9.17) is 0 Å². The summed E-state index contributed by atoms with van der Waals surface area (Å²) in [6.45, 7) is 2.28. The first kappa shape index (κ1) is 13.1. The second-order valence-electron chi connectivity index (χ2n) is 3.68. The number of rotatable bonds is 1. The molecule has 96 valence electrons. The summed E-state index contributed by atoms with van der Waals surface area (Å²) in [5.41, 5.74) is 0.774. The van der Waals surface area contributed by atoms with E-state index in [9.17, 15) is 8.42 Å². The number of hydrogen-bond acceptors (Lipinski definition) is 4. The Morgan fingerprint density at radius 2 is 1.78 bits per heavy atom. The molecule has 0 aliphatic carbocycles. The Hall–Kier alpha value is 0.110. The summed E-state index contributed by atoms with van der Waals surface area (Å²) in [6, 6.07) is 3.56. The lowest BCUT2D eigenvalue weighted by molar-refractivity contribution is 0.592. The molecule has 0 N–H and O–H groups in total. The standard InChI is InChI=1S/C10H7Br2NO2S3/c1-2-13-5-3-7(11)16-9(5)10-6(18(13,14)15)4-8(12)17-10/h3-4H,2H2,1H3. The summed E-state index contributed by atoms with van der Waals surface area (Å²) in [6.07, 6.45) is 0. The lowest BCUT2D eigenvalue weighted by Crippen LogP contribution is -2.32. The molecule has 0 atom stereocenters. The molecule has 1 aliphatic rings. The minimum Gasteiger partial charge on any atom is -0.265 e. The highest BCUT2D eigenvalue weighted by Crippen LogP contribution is 2.52. The Morgan fingerprint density at radius 3 is 2.44 bits per heavy atom. The number of nitrogens with zero attached hydrogens (tertiary/aromatic N) is 1. The van der Waals surface area contributed by atoms with Crippen LogP contribution in [0.3, 0.4) is 0 Å². The number of fused-ring (bicyclic) bond motifs is 3. The molecular weight excluding hydrogens is 422 g/mol. The van der Waals surface area contributed by atoms with Gasteiger partial charge in [0.05, 0.1) is 23.0 Å². The van der Waals surface area contributed by atoms with Crippen LogP contribution in [0.15, 0.2) is 24.6 Å². The molecule has 0 fully saturated rings. The number of sulfonamides is 1. The molecule has 18 heavy (non-hydrogen) atoms. The van der Waals surface area contributed by atoms with Crippen molar-refractivity contribution < 1.29 is 8.42 Å². The van der Waals surface area contributed by atoms with Crippen LogP contribution in [0.1, 0.15) is 6.92 Å². The second-order valence-corrected chi connectivity index (χ2v) is 10.4. The van der Waals surface area contributed by atoms with Crippen molar-refractivity contribution in [3.63, 3.8) is 0 Å². The van der Waals surface area contributed by atoms with E-state index in [0.717, 1.165) is 23.0 Å². The van der Waals surface area contributed by atoms with Gasteiger partial charge in [0.25, 0.3) is 10.0 Å². The fourth-order valence-electron chi connectivity index (χ4n) is 1.98. The van der Waals surface area contributed by atoms with Crippen LogP contribution in [0.2, 0.25) is 0 Å². The fraction of sp³-hybridized carbons (Fsp3) is 0.200. The molecular formula is C10H7Br2NO2S3. The molecule has 2 aromatic heterocycles. The zero-order chi connectivity index (χ0) is 13.1. The Kier molecular flexibility index (Phi) is 3.14. The summed E-state index contributed by atoms with van der Waals surface area (Å²) in [4.78, 5) is 2.25. The van der Waals surface area contributed by atoms with E-state index < -0.39 is 10.0 Å². The van der Waals surface area contributed by atoms with Gasteiger partial charge in [-0.05, 0) is 50.9 Å². The highest BCUT2D eigenvalue weighted by atomic mass is 79.9. The van der Waals surface area contributed by atoms with Gasteiger partial charge in [0.1, 0.15) is 4.90 Å². The second kappa shape index (κ2) is 4.31. The highest BCUT2D eigenvalue weighted by Gasteiger charge is 2.37. The van der Waals surface area contributed by atoms with E-state index in [1.54, 1.807) is 17.4 Å². The monoisotopic (exact) mass is 427 g/mol. The van der Waals surface area contributed by atoms with Gasteiger partial charge in [-0.1, -0.05) is 0 Å². The van der Waals surface area contributed by atoms with Crippen LogP contribution < -0.4 is 4.31 Å². The van der Waals surface area contributed by atoms with Crippen molar-refractivity contribution in [3.8, 4) is 9.75 Å². The van der Waals surface area contributed by atoms with Crippen LogP contribution in [0.25, 0.3) is 9.75 Å². The van der Waals surface area contributed by atoms with E-state index in [2.05, 4.69) is 31.9 Å². The lowest BCUT2D eigenvalue weighted by Gasteiger charge is -2.26. The lowest BCUT2D eigenvalue weighted by atomic mass is 10.3. The third-order valence-electron chi connectivity index (χ3n) is 2.68. The van der Waals surface area contributed by atoms with Gasteiger partial charge in [-0.15, -0.1) is 22.7 Å². The summed E-state index contributed by atoms with van der Waals surface area (Å²) in [7, 11) is -3.41. The number of anilines is 1. The van der Waals surface area contributed by atoms with Crippen molar-refractivity contribution in [1.82, 2.24) is 0 Å². The molecule has 0 amide bonds. The van der Waals surface area contributed by atoms with Gasteiger partial charge in [-0.2, -0.15) is 0 Å². The molecule has 3 rings (SSSR count). The van der Waals surface area contributed by atoms with Gasteiger partial charge in [0.15, 0.2) is 0 Å². The zero-order valence-electron chi connectivity index (χ0n) is 9.11. The molecule has 1 aliphatic heterocycles. The topological polar surface area (TPSA) is 37.4 Å². The van der Waals surface area contributed by atoms with E-state index in [-0.39, 0.29) is 0 Å². The van der Waals surface area contributed by atoms with Crippen LogP contribution in [-0.2, 0) is 10.0 Å². The van der Waals surface area contributed by atoms with Crippen molar-refractivity contribution in [2.45, 2.75) is 11.8 Å². The maximum Gasteiger partial charge on any atom is 0.265 e. The first-order chi connectivity index (χ1) is 8.45. The smallest absolute Gasteiger partial charge is 0.265 e. The van der Waals surface area contributed by atoms with Gasteiger partial charge in [0.2, 0.25) is 0 Å². The average Bonchev–Trinajstić information content (AvgIpc) is 2.82. The van der Waals surface area contributed by atoms with Gasteiger partial charge in [-0.3, -0.25) is 4.31 Å². The van der Waals surface area contributed by atoms with Crippen molar-refractivity contribution in [1.29, 1.82) is 0 Å². The van der Waals surface area contributed by atoms with E-state index >= 15 is 0 Å². The predicted octanol–water partition coefficient (Wildman–Crippen LogP) is 4.53. The largest absolute Gasteiger partial charge is 0.265 e. The summed E-state index contributed by atoms with van der Waals surface area (Å²) in [5, 5.41) is 0. The number of halogens is 2. The first-order valence-corrected chi connectivity index (χ1v) is 9.73. The summed E-state index contributed by atoms with van der Waals surface area (Å²) >= 11 is 9.84. The fourth-order valence-corrected chi connectivity index (χ4v) is 7.59. The normalized spacial score (nSPS) is 16.5. The van der Waals surface area contributed by atoms with E-state index in [0.29, 0.717) is 11.4 Å². The molecule has 0 bridgehead atoms. The number of thiophene rings is 2. The Bertz CT molecular complexity index is 732. The van der Waals surface area contributed by atoms with Crippen molar-refractivity contribution in [2.75, 3.05) is 10.8 Å². The van der Waals surface area contributed by atoms with E-state index in [1.165, 1.54) is 15.6 Å². The van der Waals surface area contributed by atoms with Crippen molar-refractivity contribution in [2.24, 2.45) is 0 Å². The molecule has 0 spiro atoms. The van der Waals surface area contributed by atoms with Gasteiger partial charge in [-0.25, -0.2) is 8.42 Å². The van der Waals surface area contributed by atoms with Crippen LogP contribution in [-0.4, -0.2) is 15.0 Å². The third kappa shape index (κ3) is 1.73. The molecule has 0 radical (unpaired) electrons. The van der Waals surface area contributed by atoms with Crippen LogP contribution >= 0.6 is 54.5 Å². The van der Waals surface area contributed by atoms with Crippen molar-refractivity contribution >= 4 is 70.2 Å². The Balaban J connectivity index is 2.41. The van der Waals surface area contributed by atoms with E-state index in [1.807, 2.05) is 13.0 Å². The average molecular weight is 429 g/mol.